The largest absolute Gasteiger partial charge is 0.493 e. The topological polar surface area (TPSA) is 27.7 Å². The first-order valence-electron chi connectivity index (χ1n) is 8.89. The molecule has 24 heavy (non-hydrogen) atoms. The van der Waals surface area contributed by atoms with E-state index in [-0.39, 0.29) is 11.5 Å². The van der Waals surface area contributed by atoms with Crippen LogP contribution in [0, 0.1) is 5.41 Å². The molecule has 0 saturated heterocycles. The summed E-state index contributed by atoms with van der Waals surface area (Å²) in [6.07, 6.45) is 4.50. The van der Waals surface area contributed by atoms with Gasteiger partial charge in [0.15, 0.2) is 0 Å². The predicted octanol–water partition coefficient (Wildman–Crippen LogP) is 5.35. The van der Waals surface area contributed by atoms with Crippen LogP contribution in [0.15, 0.2) is 29.8 Å². The number of hydrogen-bond donors (Lipinski definition) is 0. The Morgan fingerprint density at radius 1 is 1.38 bits per heavy atom. The van der Waals surface area contributed by atoms with Crippen molar-refractivity contribution in [1.82, 2.24) is 0 Å². The second-order valence-electron chi connectivity index (χ2n) is 7.90. The normalized spacial score (nSPS) is 18.9. The maximum atomic E-state index is 5.85. The van der Waals surface area contributed by atoms with Crippen LogP contribution in [0.4, 0.5) is 0 Å². The number of allylic oxidation sites excluding steroid dienone is 1. The van der Waals surface area contributed by atoms with Crippen LogP contribution in [0.1, 0.15) is 58.9 Å². The van der Waals surface area contributed by atoms with Crippen LogP contribution < -0.4 is 9.47 Å². The van der Waals surface area contributed by atoms with Gasteiger partial charge in [-0.15, -0.1) is 0 Å². The lowest BCUT2D eigenvalue weighted by atomic mass is 9.85. The Kier molecular flexibility index (Phi) is 6.34. The van der Waals surface area contributed by atoms with Gasteiger partial charge in [-0.2, -0.15) is 0 Å². The molecule has 0 bridgehead atoms. The number of ether oxygens (including phenoxy) is 3. The second kappa shape index (κ2) is 8.06. The quantitative estimate of drug-likeness (QED) is 0.630. The van der Waals surface area contributed by atoms with Crippen molar-refractivity contribution in [2.45, 2.75) is 59.5 Å². The van der Waals surface area contributed by atoms with Crippen LogP contribution in [0.5, 0.6) is 11.5 Å². The van der Waals surface area contributed by atoms with Crippen LogP contribution in [0.25, 0.3) is 0 Å². The summed E-state index contributed by atoms with van der Waals surface area (Å²) < 4.78 is 17.1. The summed E-state index contributed by atoms with van der Waals surface area (Å²) in [5.74, 6) is 2.32. The van der Waals surface area contributed by atoms with Gasteiger partial charge in [0.2, 0.25) is 0 Å². The highest BCUT2D eigenvalue weighted by atomic mass is 16.5. The van der Waals surface area contributed by atoms with E-state index in [1.54, 1.807) is 7.11 Å². The van der Waals surface area contributed by atoms with E-state index in [2.05, 4.69) is 46.8 Å². The summed E-state index contributed by atoms with van der Waals surface area (Å²) in [6, 6.07) is 6.15. The van der Waals surface area contributed by atoms with E-state index in [0.29, 0.717) is 12.5 Å². The van der Waals surface area contributed by atoms with Gasteiger partial charge >= 0.3 is 0 Å². The summed E-state index contributed by atoms with van der Waals surface area (Å²) in [5.41, 5.74) is 2.79. The summed E-state index contributed by atoms with van der Waals surface area (Å²) in [7, 11) is 1.80. The van der Waals surface area contributed by atoms with Gasteiger partial charge < -0.3 is 14.2 Å². The van der Waals surface area contributed by atoms with E-state index in [0.717, 1.165) is 30.9 Å². The number of rotatable bonds is 7. The first kappa shape index (κ1) is 18.9. The molecule has 0 N–H and O–H groups in total. The number of hydrogen-bond acceptors (Lipinski definition) is 3. The molecule has 0 saturated carbocycles. The zero-order valence-corrected chi connectivity index (χ0v) is 16.0. The molecule has 2 rings (SSSR count). The van der Waals surface area contributed by atoms with Crippen molar-refractivity contribution in [2.75, 3.05) is 20.3 Å². The first-order valence-corrected chi connectivity index (χ1v) is 8.89. The van der Waals surface area contributed by atoms with Crippen LogP contribution >= 0.6 is 0 Å². The van der Waals surface area contributed by atoms with E-state index in [4.69, 9.17) is 14.2 Å². The first-order chi connectivity index (χ1) is 11.3. The summed E-state index contributed by atoms with van der Waals surface area (Å²) in [6.45, 7) is 12.4. The van der Waals surface area contributed by atoms with Crippen LogP contribution in [0.3, 0.4) is 0 Å². The monoisotopic (exact) mass is 332 g/mol. The maximum Gasteiger partial charge on any atom is 0.126 e. The van der Waals surface area contributed by atoms with Crippen molar-refractivity contribution in [3.63, 3.8) is 0 Å². The molecule has 0 radical (unpaired) electrons. The standard InChI is InChI=1S/C21H32O3/c1-15(7-10-20(22-6)21(3,4)5)11-12-23-17-8-9-18-16(2)14-24-19(18)13-17/h8-9,11,13,16,20H,7,10,12,14H2,1-6H3. The van der Waals surface area contributed by atoms with Gasteiger partial charge in [-0.3, -0.25) is 0 Å². The zero-order valence-electron chi connectivity index (χ0n) is 16.0. The number of benzene rings is 1. The fourth-order valence-electron chi connectivity index (χ4n) is 3.09. The minimum absolute atomic E-state index is 0.174. The maximum absolute atomic E-state index is 5.85. The van der Waals surface area contributed by atoms with Gasteiger partial charge in [0, 0.05) is 24.7 Å². The van der Waals surface area contributed by atoms with Gasteiger partial charge in [-0.1, -0.05) is 39.3 Å². The SMILES string of the molecule is COC(CCC(C)=CCOc1ccc2c(c1)OCC2C)C(C)(C)C. The molecular weight excluding hydrogens is 300 g/mol. The molecule has 1 aromatic carbocycles. The fourth-order valence-corrected chi connectivity index (χ4v) is 3.09. The fraction of sp³-hybridized carbons (Fsp3) is 0.619. The van der Waals surface area contributed by atoms with Gasteiger partial charge in [-0.05, 0) is 37.3 Å². The third-order valence-corrected chi connectivity index (χ3v) is 4.74. The third-order valence-electron chi connectivity index (χ3n) is 4.74. The van der Waals surface area contributed by atoms with E-state index >= 15 is 0 Å². The van der Waals surface area contributed by atoms with Crippen molar-refractivity contribution in [3.05, 3.63) is 35.4 Å². The van der Waals surface area contributed by atoms with E-state index < -0.39 is 0 Å². The Balaban J connectivity index is 1.81. The average molecular weight is 332 g/mol. The summed E-state index contributed by atoms with van der Waals surface area (Å²) >= 11 is 0. The number of methoxy groups -OCH3 is 1. The molecule has 1 heterocycles. The molecule has 1 aliphatic heterocycles. The van der Waals surface area contributed by atoms with Gasteiger partial charge in [-0.25, -0.2) is 0 Å². The van der Waals surface area contributed by atoms with Crippen LogP contribution in [0.2, 0.25) is 0 Å². The van der Waals surface area contributed by atoms with Gasteiger partial charge in [0.25, 0.3) is 0 Å². The van der Waals surface area contributed by atoms with E-state index in [9.17, 15) is 0 Å². The van der Waals surface area contributed by atoms with E-state index in [1.807, 2.05) is 12.1 Å². The molecule has 2 atom stereocenters. The van der Waals surface area contributed by atoms with Crippen molar-refractivity contribution in [2.24, 2.45) is 5.41 Å². The molecule has 0 fully saturated rings. The van der Waals surface area contributed by atoms with E-state index in [1.165, 1.54) is 11.1 Å². The van der Waals surface area contributed by atoms with Crippen molar-refractivity contribution >= 4 is 0 Å². The lowest BCUT2D eigenvalue weighted by Crippen LogP contribution is -2.28. The lowest BCUT2D eigenvalue weighted by molar-refractivity contribution is 0.0110. The minimum Gasteiger partial charge on any atom is -0.493 e. The van der Waals surface area contributed by atoms with Crippen LogP contribution in [-0.2, 0) is 4.74 Å². The highest BCUT2D eigenvalue weighted by Gasteiger charge is 2.23. The highest BCUT2D eigenvalue weighted by molar-refractivity contribution is 5.45. The summed E-state index contributed by atoms with van der Waals surface area (Å²) in [5, 5.41) is 0. The molecule has 2 unspecified atom stereocenters. The zero-order chi connectivity index (χ0) is 17.7. The second-order valence-corrected chi connectivity index (χ2v) is 7.90. The Labute approximate surface area is 147 Å². The van der Waals surface area contributed by atoms with Crippen molar-refractivity contribution in [3.8, 4) is 11.5 Å². The molecule has 3 nitrogen and oxygen atoms in total. The molecular formula is C21H32O3. The van der Waals surface area contributed by atoms with Gasteiger partial charge in [0.05, 0.1) is 12.7 Å². The molecule has 1 aromatic rings. The third kappa shape index (κ3) is 5.01. The lowest BCUT2D eigenvalue weighted by Gasteiger charge is -2.29. The Morgan fingerprint density at radius 3 is 2.79 bits per heavy atom. The van der Waals surface area contributed by atoms with Crippen molar-refractivity contribution in [1.29, 1.82) is 0 Å². The molecule has 134 valence electrons. The molecule has 0 amide bonds. The number of fused-ring (bicyclic) bond motifs is 1. The Hall–Kier alpha value is -1.48. The smallest absolute Gasteiger partial charge is 0.126 e. The molecule has 3 heteroatoms. The Bertz CT molecular complexity index is 569. The molecule has 0 aromatic heterocycles. The summed E-state index contributed by atoms with van der Waals surface area (Å²) in [4.78, 5) is 0. The Morgan fingerprint density at radius 2 is 2.12 bits per heavy atom. The molecule has 0 aliphatic carbocycles. The van der Waals surface area contributed by atoms with Gasteiger partial charge in [0.1, 0.15) is 18.1 Å². The highest BCUT2D eigenvalue weighted by Crippen LogP contribution is 2.36. The minimum atomic E-state index is 0.174. The van der Waals surface area contributed by atoms with Crippen molar-refractivity contribution < 1.29 is 14.2 Å². The average Bonchev–Trinajstić information content (AvgIpc) is 2.87. The van der Waals surface area contributed by atoms with Crippen LogP contribution in [-0.4, -0.2) is 26.4 Å². The molecule has 1 aliphatic rings. The molecule has 0 spiro atoms. The predicted molar refractivity (Wildman–Crippen MR) is 99.1 cm³/mol.